The van der Waals surface area contributed by atoms with E-state index in [1.807, 2.05) is 6.92 Å². The van der Waals surface area contributed by atoms with Gasteiger partial charge in [-0.25, -0.2) is 4.79 Å². The lowest BCUT2D eigenvalue weighted by Gasteiger charge is -2.18. The summed E-state index contributed by atoms with van der Waals surface area (Å²) >= 11 is 0. The van der Waals surface area contributed by atoms with Crippen molar-refractivity contribution in [2.24, 2.45) is 13.0 Å². The molecule has 0 radical (unpaired) electrons. The smallest absolute Gasteiger partial charge is 0.338 e. The minimum Gasteiger partial charge on any atom is -0.338 e. The molecule has 2 heterocycles. The van der Waals surface area contributed by atoms with Gasteiger partial charge in [-0.2, -0.15) is 18.3 Å². The van der Waals surface area contributed by atoms with Crippen LogP contribution in [0.5, 0.6) is 0 Å². The number of aromatic nitrogens is 2. The Labute approximate surface area is 126 Å². The Kier molecular flexibility index (Phi) is 4.94. The van der Waals surface area contributed by atoms with E-state index in [1.54, 1.807) is 17.8 Å². The summed E-state index contributed by atoms with van der Waals surface area (Å²) in [4.78, 5) is 13.2. The van der Waals surface area contributed by atoms with Gasteiger partial charge in [0.05, 0.1) is 12.2 Å². The van der Waals surface area contributed by atoms with E-state index in [0.29, 0.717) is 31.9 Å². The van der Waals surface area contributed by atoms with Crippen LogP contribution in [0, 0.1) is 12.8 Å². The van der Waals surface area contributed by atoms with Crippen molar-refractivity contribution in [1.82, 2.24) is 20.0 Å². The van der Waals surface area contributed by atoms with Crippen LogP contribution in [0.25, 0.3) is 0 Å². The molecule has 6 nitrogen and oxygen atoms in total. The Balaban J connectivity index is 1.72. The van der Waals surface area contributed by atoms with Gasteiger partial charge in [0.1, 0.15) is 5.82 Å². The first-order valence-corrected chi connectivity index (χ1v) is 7.07. The van der Waals surface area contributed by atoms with Crippen molar-refractivity contribution in [2.45, 2.75) is 19.5 Å². The lowest BCUT2D eigenvalue weighted by atomic mass is 10.1. The van der Waals surface area contributed by atoms with E-state index in [4.69, 9.17) is 0 Å². The van der Waals surface area contributed by atoms with Crippen molar-refractivity contribution in [3.63, 3.8) is 0 Å². The van der Waals surface area contributed by atoms with Gasteiger partial charge >= 0.3 is 12.2 Å². The van der Waals surface area contributed by atoms with Crippen molar-refractivity contribution in [2.75, 3.05) is 31.5 Å². The van der Waals surface area contributed by atoms with E-state index in [-0.39, 0.29) is 11.9 Å². The van der Waals surface area contributed by atoms with Gasteiger partial charge in [0.15, 0.2) is 0 Å². The van der Waals surface area contributed by atoms with E-state index in [0.717, 1.165) is 5.69 Å². The quantitative estimate of drug-likeness (QED) is 0.888. The van der Waals surface area contributed by atoms with Gasteiger partial charge in [-0.1, -0.05) is 0 Å². The molecule has 2 amide bonds. The van der Waals surface area contributed by atoms with Crippen LogP contribution in [-0.4, -0.2) is 53.1 Å². The highest BCUT2D eigenvalue weighted by Crippen LogP contribution is 2.22. The first kappa shape index (κ1) is 16.6. The Morgan fingerprint density at radius 1 is 1.50 bits per heavy atom. The summed E-state index contributed by atoms with van der Waals surface area (Å²) in [6.45, 7) is 2.05. The van der Waals surface area contributed by atoms with Gasteiger partial charge in [-0.3, -0.25) is 14.9 Å². The molecule has 0 aliphatic carbocycles. The zero-order valence-corrected chi connectivity index (χ0v) is 12.6. The van der Waals surface area contributed by atoms with Gasteiger partial charge in [0, 0.05) is 26.2 Å². The number of hydrogen-bond acceptors (Lipinski definition) is 3. The second-order valence-electron chi connectivity index (χ2n) is 5.63. The van der Waals surface area contributed by atoms with Crippen LogP contribution in [0.1, 0.15) is 12.1 Å². The molecule has 0 spiro atoms. The van der Waals surface area contributed by atoms with Gasteiger partial charge in [-0.05, 0) is 25.8 Å². The number of anilines is 1. The summed E-state index contributed by atoms with van der Waals surface area (Å²) in [6, 6.07) is 1.36. The zero-order valence-electron chi connectivity index (χ0n) is 12.6. The van der Waals surface area contributed by atoms with E-state index >= 15 is 0 Å². The van der Waals surface area contributed by atoms with Crippen molar-refractivity contribution in [1.29, 1.82) is 0 Å². The van der Waals surface area contributed by atoms with Gasteiger partial charge in [-0.15, -0.1) is 0 Å². The highest BCUT2D eigenvalue weighted by atomic mass is 19.4. The Morgan fingerprint density at radius 3 is 2.82 bits per heavy atom. The van der Waals surface area contributed by atoms with Crippen molar-refractivity contribution in [3.05, 3.63) is 11.8 Å². The predicted octanol–water partition coefficient (Wildman–Crippen LogP) is 1.73. The lowest BCUT2D eigenvalue weighted by molar-refractivity contribution is -0.143. The van der Waals surface area contributed by atoms with E-state index < -0.39 is 12.7 Å². The predicted molar refractivity (Wildman–Crippen MR) is 75.6 cm³/mol. The number of carbonyl (C=O) groups is 1. The Bertz CT molecular complexity index is 528. The highest BCUT2D eigenvalue weighted by Gasteiger charge is 2.34. The van der Waals surface area contributed by atoms with Crippen LogP contribution in [0.4, 0.5) is 23.8 Å². The number of nitrogens with zero attached hydrogens (tertiary/aromatic N) is 3. The number of aryl methyl sites for hydroxylation is 2. The third-order valence-corrected chi connectivity index (χ3v) is 3.57. The molecule has 0 saturated carbocycles. The number of rotatable bonds is 4. The SMILES string of the molecule is Cc1cc(NC(=O)NCC2CCN(CC(F)(F)F)C2)n(C)n1. The number of nitrogens with one attached hydrogen (secondary N) is 2. The molecule has 0 aromatic carbocycles. The fourth-order valence-corrected chi connectivity index (χ4v) is 2.60. The molecule has 1 saturated heterocycles. The van der Waals surface area contributed by atoms with Crippen LogP contribution >= 0.6 is 0 Å². The van der Waals surface area contributed by atoms with E-state index in [9.17, 15) is 18.0 Å². The molecule has 1 unspecified atom stereocenters. The summed E-state index contributed by atoms with van der Waals surface area (Å²) in [7, 11) is 1.72. The molecule has 1 aromatic rings. The molecule has 2 rings (SSSR count). The van der Waals surface area contributed by atoms with Crippen LogP contribution < -0.4 is 10.6 Å². The Hall–Kier alpha value is -1.77. The number of likely N-dealkylation sites (tertiary alicyclic amines) is 1. The normalized spacial score (nSPS) is 19.4. The van der Waals surface area contributed by atoms with E-state index in [2.05, 4.69) is 15.7 Å². The second-order valence-corrected chi connectivity index (χ2v) is 5.63. The standard InChI is InChI=1S/C13H20F3N5O/c1-9-5-11(20(2)19-9)18-12(22)17-6-10-3-4-21(7-10)8-13(14,15)16/h5,10H,3-4,6-8H2,1-2H3,(H2,17,18,22). The summed E-state index contributed by atoms with van der Waals surface area (Å²) in [5.41, 5.74) is 0.788. The summed E-state index contributed by atoms with van der Waals surface area (Å²) in [5, 5.41) is 9.46. The fraction of sp³-hybridized carbons (Fsp3) is 0.692. The summed E-state index contributed by atoms with van der Waals surface area (Å²) in [6.07, 6.45) is -3.52. The third kappa shape index (κ3) is 4.90. The topological polar surface area (TPSA) is 62.2 Å². The minimum absolute atomic E-state index is 0.0429. The number of urea groups is 1. The number of carbonyl (C=O) groups excluding carboxylic acids is 1. The monoisotopic (exact) mass is 319 g/mol. The number of halogens is 3. The van der Waals surface area contributed by atoms with Crippen LogP contribution in [0.3, 0.4) is 0 Å². The molecular formula is C13H20F3N5O. The highest BCUT2D eigenvalue weighted by molar-refractivity contribution is 5.88. The molecule has 1 aromatic heterocycles. The van der Waals surface area contributed by atoms with Crippen molar-refractivity contribution >= 4 is 11.8 Å². The number of amides is 2. The molecule has 1 fully saturated rings. The maximum absolute atomic E-state index is 12.3. The molecule has 2 N–H and O–H groups in total. The van der Waals surface area contributed by atoms with Crippen molar-refractivity contribution in [3.8, 4) is 0 Å². The Morgan fingerprint density at radius 2 is 2.23 bits per heavy atom. The lowest BCUT2D eigenvalue weighted by Crippen LogP contribution is -2.36. The number of hydrogen-bond donors (Lipinski definition) is 2. The summed E-state index contributed by atoms with van der Waals surface area (Å²) < 4.78 is 38.5. The largest absolute Gasteiger partial charge is 0.401 e. The van der Waals surface area contributed by atoms with Crippen LogP contribution in [0.2, 0.25) is 0 Å². The fourth-order valence-electron chi connectivity index (χ4n) is 2.60. The molecular weight excluding hydrogens is 299 g/mol. The first-order valence-electron chi connectivity index (χ1n) is 7.07. The third-order valence-electron chi connectivity index (χ3n) is 3.57. The molecule has 1 atom stereocenters. The minimum atomic E-state index is -4.17. The zero-order chi connectivity index (χ0) is 16.3. The molecule has 0 bridgehead atoms. The van der Waals surface area contributed by atoms with Gasteiger partial charge in [0.25, 0.3) is 0 Å². The average molecular weight is 319 g/mol. The van der Waals surface area contributed by atoms with Gasteiger partial charge < -0.3 is 5.32 Å². The first-order chi connectivity index (χ1) is 10.2. The maximum Gasteiger partial charge on any atom is 0.401 e. The molecule has 9 heteroatoms. The van der Waals surface area contributed by atoms with Crippen LogP contribution in [-0.2, 0) is 7.05 Å². The second kappa shape index (κ2) is 6.55. The molecule has 124 valence electrons. The average Bonchev–Trinajstić information content (AvgIpc) is 2.92. The molecule has 22 heavy (non-hydrogen) atoms. The summed E-state index contributed by atoms with van der Waals surface area (Å²) in [5.74, 6) is 0.612. The van der Waals surface area contributed by atoms with Crippen LogP contribution in [0.15, 0.2) is 6.07 Å². The van der Waals surface area contributed by atoms with Crippen molar-refractivity contribution < 1.29 is 18.0 Å². The van der Waals surface area contributed by atoms with E-state index in [1.165, 1.54) is 4.90 Å². The van der Waals surface area contributed by atoms with Gasteiger partial charge in [0.2, 0.25) is 0 Å². The number of alkyl halides is 3. The maximum atomic E-state index is 12.3. The molecule has 1 aliphatic heterocycles. The molecule has 1 aliphatic rings.